The zero-order chi connectivity index (χ0) is 21.8. The van der Waals surface area contributed by atoms with Gasteiger partial charge in [-0.25, -0.2) is 18.1 Å². The van der Waals surface area contributed by atoms with Gasteiger partial charge in [0.1, 0.15) is 19.0 Å². The molecular weight excluding hydrogens is 442 g/mol. The van der Waals surface area contributed by atoms with Crippen molar-refractivity contribution in [2.24, 2.45) is 0 Å². The number of benzene rings is 2. The van der Waals surface area contributed by atoms with Crippen molar-refractivity contribution in [3.05, 3.63) is 36.4 Å². The van der Waals surface area contributed by atoms with Gasteiger partial charge in [0.25, 0.3) is 0 Å². The van der Waals surface area contributed by atoms with Crippen molar-refractivity contribution < 1.29 is 27.4 Å². The summed E-state index contributed by atoms with van der Waals surface area (Å²) >= 11 is 1.33. The van der Waals surface area contributed by atoms with Crippen LogP contribution in [0.1, 0.15) is 13.3 Å². The highest BCUT2D eigenvalue weighted by Gasteiger charge is 2.19. The van der Waals surface area contributed by atoms with Crippen LogP contribution in [-0.4, -0.2) is 45.7 Å². The molecule has 0 atom stereocenters. The van der Waals surface area contributed by atoms with E-state index in [4.69, 9.17) is 14.2 Å². The number of sulfonamides is 1. The number of aromatic nitrogens is 1. The third-order valence-corrected chi connectivity index (χ3v) is 6.78. The molecule has 2 aromatic carbocycles. The SMILES string of the molecule is CCOc1ccc2nc(NC(=O)CCNS(=O)(=O)c3ccc4c(c3)OCCO4)sc2c1. The molecule has 0 spiro atoms. The molecule has 0 radical (unpaired) electrons. The van der Waals surface area contributed by atoms with E-state index < -0.39 is 10.0 Å². The molecule has 0 aliphatic carbocycles. The van der Waals surface area contributed by atoms with E-state index in [0.29, 0.717) is 36.5 Å². The standard InChI is InChI=1S/C20H21N3O6S2/c1-2-27-13-3-5-15-18(11-13)30-20(22-15)23-19(24)7-8-21-31(25,26)14-4-6-16-17(12-14)29-10-9-28-16/h3-6,11-12,21H,2,7-10H2,1H3,(H,22,23,24). The van der Waals surface area contributed by atoms with Crippen LogP contribution in [0, 0.1) is 0 Å². The molecule has 11 heteroatoms. The summed E-state index contributed by atoms with van der Waals surface area (Å²) in [6.45, 7) is 3.21. The first-order valence-electron chi connectivity index (χ1n) is 9.67. The van der Waals surface area contributed by atoms with E-state index in [9.17, 15) is 13.2 Å². The Labute approximate surface area is 183 Å². The van der Waals surface area contributed by atoms with Gasteiger partial charge in [0, 0.05) is 19.0 Å². The Morgan fingerprint density at radius 1 is 1.16 bits per heavy atom. The van der Waals surface area contributed by atoms with Gasteiger partial charge in [-0.1, -0.05) is 11.3 Å². The molecular formula is C20H21N3O6S2. The highest BCUT2D eigenvalue weighted by Crippen LogP contribution is 2.32. The lowest BCUT2D eigenvalue weighted by molar-refractivity contribution is -0.116. The van der Waals surface area contributed by atoms with E-state index >= 15 is 0 Å². The number of fused-ring (bicyclic) bond motifs is 2. The fraction of sp³-hybridized carbons (Fsp3) is 0.300. The molecule has 1 aliphatic rings. The average molecular weight is 464 g/mol. The highest BCUT2D eigenvalue weighted by atomic mass is 32.2. The maximum atomic E-state index is 12.5. The lowest BCUT2D eigenvalue weighted by atomic mass is 10.3. The second-order valence-electron chi connectivity index (χ2n) is 6.58. The Bertz CT molecular complexity index is 1210. The summed E-state index contributed by atoms with van der Waals surface area (Å²) in [5.41, 5.74) is 0.753. The largest absolute Gasteiger partial charge is 0.494 e. The number of hydrogen-bond acceptors (Lipinski definition) is 8. The van der Waals surface area contributed by atoms with E-state index in [0.717, 1.165) is 16.0 Å². The lowest BCUT2D eigenvalue weighted by Crippen LogP contribution is -2.28. The van der Waals surface area contributed by atoms with Crippen molar-refractivity contribution in [1.29, 1.82) is 0 Å². The molecule has 9 nitrogen and oxygen atoms in total. The Kier molecular flexibility index (Phi) is 6.25. The molecule has 0 saturated heterocycles. The summed E-state index contributed by atoms with van der Waals surface area (Å²) in [6.07, 6.45) is -0.0378. The smallest absolute Gasteiger partial charge is 0.240 e. The summed E-state index contributed by atoms with van der Waals surface area (Å²) < 4.78 is 44.6. The Morgan fingerprint density at radius 3 is 2.77 bits per heavy atom. The number of ether oxygens (including phenoxy) is 3. The second kappa shape index (κ2) is 9.08. The van der Waals surface area contributed by atoms with Crippen LogP contribution in [0.4, 0.5) is 5.13 Å². The first kappa shape index (κ1) is 21.3. The molecule has 164 valence electrons. The first-order valence-corrected chi connectivity index (χ1v) is 12.0. The van der Waals surface area contributed by atoms with Gasteiger partial charge in [-0.2, -0.15) is 0 Å². The maximum Gasteiger partial charge on any atom is 0.240 e. The molecule has 2 N–H and O–H groups in total. The number of anilines is 1. The predicted octanol–water partition coefficient (Wildman–Crippen LogP) is 2.77. The van der Waals surface area contributed by atoms with Crippen molar-refractivity contribution in [2.75, 3.05) is 31.7 Å². The fourth-order valence-corrected chi connectivity index (χ4v) is 4.93. The van der Waals surface area contributed by atoms with Gasteiger partial charge in [-0.05, 0) is 37.3 Å². The zero-order valence-electron chi connectivity index (χ0n) is 16.7. The number of amides is 1. The number of nitrogens with one attached hydrogen (secondary N) is 2. The van der Waals surface area contributed by atoms with Gasteiger partial charge in [0.2, 0.25) is 15.9 Å². The number of nitrogens with zero attached hydrogens (tertiary/aromatic N) is 1. The molecule has 1 aliphatic heterocycles. The molecule has 0 saturated carbocycles. The second-order valence-corrected chi connectivity index (χ2v) is 9.38. The Balaban J connectivity index is 1.33. The van der Waals surface area contributed by atoms with Gasteiger partial charge in [-0.3, -0.25) is 4.79 Å². The van der Waals surface area contributed by atoms with Crippen LogP contribution in [0.25, 0.3) is 10.2 Å². The average Bonchev–Trinajstić information content (AvgIpc) is 3.15. The lowest BCUT2D eigenvalue weighted by Gasteiger charge is -2.18. The van der Waals surface area contributed by atoms with E-state index in [1.54, 1.807) is 6.07 Å². The van der Waals surface area contributed by atoms with E-state index in [1.807, 2.05) is 25.1 Å². The molecule has 31 heavy (non-hydrogen) atoms. The fourth-order valence-electron chi connectivity index (χ4n) is 2.97. The van der Waals surface area contributed by atoms with Crippen molar-refractivity contribution >= 4 is 42.6 Å². The molecule has 4 rings (SSSR count). The molecule has 0 fully saturated rings. The minimum atomic E-state index is -3.79. The van der Waals surface area contributed by atoms with E-state index in [1.165, 1.54) is 23.5 Å². The van der Waals surface area contributed by atoms with Crippen LogP contribution < -0.4 is 24.2 Å². The predicted molar refractivity (Wildman–Crippen MR) is 117 cm³/mol. The van der Waals surface area contributed by atoms with Gasteiger partial charge in [-0.15, -0.1) is 0 Å². The third-order valence-electron chi connectivity index (χ3n) is 4.39. The molecule has 3 aromatic rings. The first-order chi connectivity index (χ1) is 14.9. The summed E-state index contributed by atoms with van der Waals surface area (Å²) in [4.78, 5) is 16.6. The van der Waals surface area contributed by atoms with Crippen LogP contribution in [0.3, 0.4) is 0 Å². The molecule has 1 amide bonds. The van der Waals surface area contributed by atoms with Crippen molar-refractivity contribution in [3.8, 4) is 17.2 Å². The molecule has 1 aromatic heterocycles. The van der Waals surface area contributed by atoms with Crippen LogP contribution in [-0.2, 0) is 14.8 Å². The van der Waals surface area contributed by atoms with E-state index in [-0.39, 0.29) is 23.8 Å². The van der Waals surface area contributed by atoms with Crippen molar-refractivity contribution in [1.82, 2.24) is 9.71 Å². The summed E-state index contributed by atoms with van der Waals surface area (Å²) in [7, 11) is -3.79. The van der Waals surface area contributed by atoms with Crippen LogP contribution in [0.5, 0.6) is 17.2 Å². The normalized spacial score (nSPS) is 13.2. The number of rotatable bonds is 8. The van der Waals surface area contributed by atoms with Gasteiger partial charge >= 0.3 is 0 Å². The van der Waals surface area contributed by atoms with Crippen LogP contribution in [0.2, 0.25) is 0 Å². The minimum absolute atomic E-state index is 0.0378. The molecule has 0 bridgehead atoms. The maximum absolute atomic E-state index is 12.5. The van der Waals surface area contributed by atoms with Crippen molar-refractivity contribution in [3.63, 3.8) is 0 Å². The van der Waals surface area contributed by atoms with Gasteiger partial charge in [0.05, 0.1) is 21.7 Å². The Hall–Kier alpha value is -2.89. The summed E-state index contributed by atoms with van der Waals surface area (Å²) in [6, 6.07) is 9.92. The third kappa shape index (κ3) is 5.06. The number of thiazole rings is 1. The molecule has 2 heterocycles. The Morgan fingerprint density at radius 2 is 1.97 bits per heavy atom. The number of hydrogen-bond donors (Lipinski definition) is 2. The van der Waals surface area contributed by atoms with Gasteiger partial charge in [0.15, 0.2) is 16.6 Å². The van der Waals surface area contributed by atoms with Crippen molar-refractivity contribution in [2.45, 2.75) is 18.2 Å². The van der Waals surface area contributed by atoms with Gasteiger partial charge < -0.3 is 19.5 Å². The monoisotopic (exact) mass is 463 g/mol. The minimum Gasteiger partial charge on any atom is -0.494 e. The highest BCUT2D eigenvalue weighted by molar-refractivity contribution is 7.89. The molecule has 0 unspecified atom stereocenters. The number of carbonyl (C=O) groups excluding carboxylic acids is 1. The zero-order valence-corrected chi connectivity index (χ0v) is 18.3. The number of carbonyl (C=O) groups is 1. The quantitative estimate of drug-likeness (QED) is 0.528. The topological polar surface area (TPSA) is 116 Å². The summed E-state index contributed by atoms with van der Waals surface area (Å²) in [5.74, 6) is 1.29. The van der Waals surface area contributed by atoms with Crippen LogP contribution in [0.15, 0.2) is 41.3 Å². The van der Waals surface area contributed by atoms with Crippen LogP contribution >= 0.6 is 11.3 Å². The van der Waals surface area contributed by atoms with E-state index in [2.05, 4.69) is 15.0 Å². The summed E-state index contributed by atoms with van der Waals surface area (Å²) in [5, 5.41) is 3.15.